The van der Waals surface area contributed by atoms with Crippen LogP contribution in [0.1, 0.15) is 19.0 Å². The molecule has 0 unspecified atom stereocenters. The summed E-state index contributed by atoms with van der Waals surface area (Å²) in [6.45, 7) is 3.96. The highest BCUT2D eigenvalue weighted by molar-refractivity contribution is 7.99. The van der Waals surface area contributed by atoms with Crippen molar-refractivity contribution in [2.75, 3.05) is 11.5 Å². The summed E-state index contributed by atoms with van der Waals surface area (Å²) in [7, 11) is 0. The van der Waals surface area contributed by atoms with Gasteiger partial charge in [-0.25, -0.2) is 0 Å². The standard InChI is InChI=1S/C14H19N3S/c1-2-17-14-6-4-3-5-12(14)13(16-17)9-15-11-7-8-18-10-11/h3-6,11,15H,2,7-10H2,1H3/t11-/m0/s1. The zero-order valence-corrected chi connectivity index (χ0v) is 11.5. The summed E-state index contributed by atoms with van der Waals surface area (Å²) >= 11 is 2.04. The van der Waals surface area contributed by atoms with Crippen LogP contribution in [0.5, 0.6) is 0 Å². The minimum absolute atomic E-state index is 0.667. The average Bonchev–Trinajstić information content (AvgIpc) is 3.04. The van der Waals surface area contributed by atoms with Gasteiger partial charge in [-0.1, -0.05) is 18.2 Å². The fraction of sp³-hybridized carbons (Fsp3) is 0.500. The molecule has 18 heavy (non-hydrogen) atoms. The Morgan fingerprint density at radius 2 is 2.33 bits per heavy atom. The molecule has 1 atom stereocenters. The van der Waals surface area contributed by atoms with Crippen LogP contribution in [0.3, 0.4) is 0 Å². The minimum Gasteiger partial charge on any atom is -0.307 e. The number of thioether (sulfide) groups is 1. The lowest BCUT2D eigenvalue weighted by atomic mass is 10.2. The van der Waals surface area contributed by atoms with Gasteiger partial charge in [-0.15, -0.1) is 0 Å². The molecular formula is C14H19N3S. The van der Waals surface area contributed by atoms with E-state index >= 15 is 0 Å². The number of aryl methyl sites for hydroxylation is 1. The highest BCUT2D eigenvalue weighted by Crippen LogP contribution is 2.20. The molecule has 4 heteroatoms. The van der Waals surface area contributed by atoms with Crippen LogP contribution in [0.15, 0.2) is 24.3 Å². The van der Waals surface area contributed by atoms with Crippen LogP contribution in [-0.2, 0) is 13.1 Å². The van der Waals surface area contributed by atoms with Crippen molar-refractivity contribution in [2.24, 2.45) is 0 Å². The van der Waals surface area contributed by atoms with Gasteiger partial charge in [-0.05, 0) is 25.2 Å². The molecule has 2 aromatic rings. The van der Waals surface area contributed by atoms with Crippen LogP contribution < -0.4 is 5.32 Å². The first kappa shape index (κ1) is 12.1. The maximum atomic E-state index is 4.72. The highest BCUT2D eigenvalue weighted by Gasteiger charge is 2.16. The van der Waals surface area contributed by atoms with Crippen molar-refractivity contribution in [2.45, 2.75) is 32.5 Å². The summed E-state index contributed by atoms with van der Waals surface area (Å²) in [6, 6.07) is 9.18. The number of benzene rings is 1. The number of hydrogen-bond donors (Lipinski definition) is 1. The Morgan fingerprint density at radius 3 is 3.11 bits per heavy atom. The predicted molar refractivity (Wildman–Crippen MR) is 78.0 cm³/mol. The van der Waals surface area contributed by atoms with Gasteiger partial charge < -0.3 is 5.32 Å². The lowest BCUT2D eigenvalue weighted by Gasteiger charge is -2.09. The van der Waals surface area contributed by atoms with Crippen LogP contribution in [0.2, 0.25) is 0 Å². The SMILES string of the molecule is CCn1nc(CN[C@H]2CCSC2)c2ccccc21. The van der Waals surface area contributed by atoms with Crippen molar-refractivity contribution in [1.29, 1.82) is 0 Å². The molecule has 1 aliphatic rings. The van der Waals surface area contributed by atoms with E-state index in [1.165, 1.54) is 34.5 Å². The molecule has 0 bridgehead atoms. The average molecular weight is 261 g/mol. The van der Waals surface area contributed by atoms with Crippen LogP contribution in [0.25, 0.3) is 10.9 Å². The molecule has 3 rings (SSSR count). The maximum Gasteiger partial charge on any atom is 0.0841 e. The van der Waals surface area contributed by atoms with Crippen LogP contribution in [-0.4, -0.2) is 27.3 Å². The molecule has 1 saturated heterocycles. The Balaban J connectivity index is 1.82. The van der Waals surface area contributed by atoms with E-state index in [4.69, 9.17) is 5.10 Å². The third kappa shape index (κ3) is 2.27. The van der Waals surface area contributed by atoms with Crippen LogP contribution in [0, 0.1) is 0 Å². The Bertz CT molecular complexity index is 529. The number of fused-ring (bicyclic) bond motifs is 1. The van der Waals surface area contributed by atoms with Crippen molar-refractivity contribution in [3.05, 3.63) is 30.0 Å². The van der Waals surface area contributed by atoms with Gasteiger partial charge in [0.1, 0.15) is 0 Å². The van der Waals surface area contributed by atoms with Gasteiger partial charge in [0.2, 0.25) is 0 Å². The quantitative estimate of drug-likeness (QED) is 0.917. The molecule has 0 amide bonds. The largest absolute Gasteiger partial charge is 0.307 e. The Kier molecular flexibility index (Phi) is 3.57. The lowest BCUT2D eigenvalue weighted by molar-refractivity contribution is 0.545. The van der Waals surface area contributed by atoms with Gasteiger partial charge in [-0.2, -0.15) is 16.9 Å². The molecule has 3 nitrogen and oxygen atoms in total. The third-order valence-electron chi connectivity index (χ3n) is 3.52. The van der Waals surface area contributed by atoms with Gasteiger partial charge in [0, 0.05) is 30.3 Å². The van der Waals surface area contributed by atoms with Crippen molar-refractivity contribution < 1.29 is 0 Å². The van der Waals surface area contributed by atoms with Crippen molar-refractivity contribution in [3.8, 4) is 0 Å². The summed E-state index contributed by atoms with van der Waals surface area (Å²) in [5.41, 5.74) is 2.43. The second-order valence-electron chi connectivity index (χ2n) is 4.72. The van der Waals surface area contributed by atoms with E-state index in [9.17, 15) is 0 Å². The van der Waals surface area contributed by atoms with E-state index < -0.39 is 0 Å². The molecular weight excluding hydrogens is 242 g/mol. The highest BCUT2D eigenvalue weighted by atomic mass is 32.2. The van der Waals surface area contributed by atoms with Crippen LogP contribution >= 0.6 is 11.8 Å². The van der Waals surface area contributed by atoms with E-state index in [1.54, 1.807) is 0 Å². The second kappa shape index (κ2) is 5.33. The molecule has 0 radical (unpaired) electrons. The van der Waals surface area contributed by atoms with Gasteiger partial charge >= 0.3 is 0 Å². The fourth-order valence-corrected chi connectivity index (χ4v) is 3.69. The molecule has 0 saturated carbocycles. The second-order valence-corrected chi connectivity index (χ2v) is 5.87. The van der Waals surface area contributed by atoms with E-state index in [2.05, 4.69) is 41.2 Å². The minimum atomic E-state index is 0.667. The zero-order valence-electron chi connectivity index (χ0n) is 10.7. The van der Waals surface area contributed by atoms with Gasteiger partial charge in [0.15, 0.2) is 0 Å². The molecule has 0 spiro atoms. The van der Waals surface area contributed by atoms with E-state index in [0.29, 0.717) is 6.04 Å². The van der Waals surface area contributed by atoms with Crippen molar-refractivity contribution in [1.82, 2.24) is 15.1 Å². The summed E-state index contributed by atoms with van der Waals surface area (Å²) in [4.78, 5) is 0. The number of rotatable bonds is 4. The number of nitrogens with zero attached hydrogens (tertiary/aromatic N) is 2. The van der Waals surface area contributed by atoms with E-state index in [0.717, 1.165) is 13.1 Å². The summed E-state index contributed by atoms with van der Waals surface area (Å²) < 4.78 is 2.09. The van der Waals surface area contributed by atoms with Gasteiger partial charge in [-0.3, -0.25) is 4.68 Å². The number of nitrogens with one attached hydrogen (secondary N) is 1. The topological polar surface area (TPSA) is 29.9 Å². The van der Waals surface area contributed by atoms with Gasteiger partial charge in [0.25, 0.3) is 0 Å². The Labute approximate surface area is 112 Å². The molecule has 1 aromatic heterocycles. The predicted octanol–water partition coefficient (Wildman–Crippen LogP) is 2.65. The fourth-order valence-electron chi connectivity index (χ4n) is 2.50. The lowest BCUT2D eigenvalue weighted by Crippen LogP contribution is -2.28. The third-order valence-corrected chi connectivity index (χ3v) is 4.68. The van der Waals surface area contributed by atoms with E-state index in [-0.39, 0.29) is 0 Å². The number of hydrogen-bond acceptors (Lipinski definition) is 3. The zero-order chi connectivity index (χ0) is 12.4. The van der Waals surface area contributed by atoms with Crippen molar-refractivity contribution in [3.63, 3.8) is 0 Å². The smallest absolute Gasteiger partial charge is 0.0841 e. The summed E-state index contributed by atoms with van der Waals surface area (Å²) in [6.07, 6.45) is 1.29. The van der Waals surface area contributed by atoms with Crippen molar-refractivity contribution >= 4 is 22.7 Å². The number of aromatic nitrogens is 2. The Morgan fingerprint density at radius 1 is 1.44 bits per heavy atom. The van der Waals surface area contributed by atoms with Gasteiger partial charge in [0.05, 0.1) is 11.2 Å². The molecule has 1 fully saturated rings. The monoisotopic (exact) mass is 261 g/mol. The molecule has 96 valence electrons. The van der Waals surface area contributed by atoms with Crippen LogP contribution in [0.4, 0.5) is 0 Å². The molecule has 1 aliphatic heterocycles. The normalized spacial score (nSPS) is 19.7. The molecule has 2 heterocycles. The number of para-hydroxylation sites is 1. The molecule has 1 N–H and O–H groups in total. The first-order valence-corrected chi connectivity index (χ1v) is 7.79. The Hall–Kier alpha value is -1.00. The molecule has 1 aromatic carbocycles. The molecule has 0 aliphatic carbocycles. The first-order chi connectivity index (χ1) is 8.88. The maximum absolute atomic E-state index is 4.72. The summed E-state index contributed by atoms with van der Waals surface area (Å²) in [5, 5.41) is 9.64. The summed E-state index contributed by atoms with van der Waals surface area (Å²) in [5.74, 6) is 2.54. The first-order valence-electron chi connectivity index (χ1n) is 6.64. The van der Waals surface area contributed by atoms with E-state index in [1.807, 2.05) is 11.8 Å².